The van der Waals surface area contributed by atoms with Gasteiger partial charge >= 0.3 is 18.1 Å². The minimum Gasteiger partial charge on any atom is -0.462 e. The van der Waals surface area contributed by atoms with Crippen LogP contribution in [0.15, 0.2) is 11.6 Å². The summed E-state index contributed by atoms with van der Waals surface area (Å²) in [6.07, 6.45) is 11.5. The second-order valence-electron chi connectivity index (χ2n) is 14.0. The van der Waals surface area contributed by atoms with Crippen LogP contribution in [0, 0.1) is 35.0 Å². The lowest BCUT2D eigenvalue weighted by atomic mass is 9.49. The molecular weight excluding hydrogens is 583 g/mol. The zero-order chi connectivity index (χ0) is 31.3. The van der Waals surface area contributed by atoms with Crippen molar-refractivity contribution in [2.75, 3.05) is 11.5 Å². The van der Waals surface area contributed by atoms with Crippen LogP contribution in [0.5, 0.6) is 0 Å². The molecule has 0 saturated heterocycles. The number of carbonyl (C=O) groups excluding carboxylic acids is 2. The molecule has 9 heteroatoms. The Labute approximate surface area is 258 Å². The summed E-state index contributed by atoms with van der Waals surface area (Å²) in [7, 11) is 0. The van der Waals surface area contributed by atoms with Gasteiger partial charge in [0.25, 0.3) is 0 Å². The topological polar surface area (TPSA) is 43.4 Å². The maximum Gasteiger partial charge on any atom is 0.453 e. The van der Waals surface area contributed by atoms with Crippen molar-refractivity contribution in [2.45, 2.75) is 141 Å². The lowest BCUT2D eigenvalue weighted by Gasteiger charge is -2.56. The number of halogens is 5. The van der Waals surface area contributed by atoms with E-state index in [1.165, 1.54) is 56.4 Å². The van der Waals surface area contributed by atoms with Gasteiger partial charge in [-0.05, 0) is 105 Å². The fraction of sp³-hybridized carbons (Fsp3) is 0.882. The largest absolute Gasteiger partial charge is 0.462 e. The number of ketones is 1. The van der Waals surface area contributed by atoms with E-state index < -0.39 is 18.5 Å². The van der Waals surface area contributed by atoms with Gasteiger partial charge in [-0.3, -0.25) is 9.59 Å². The summed E-state index contributed by atoms with van der Waals surface area (Å²) in [4.78, 5) is 24.2. The molecule has 0 N–H and O–H groups in total. The van der Waals surface area contributed by atoms with E-state index in [9.17, 15) is 31.5 Å². The van der Waals surface area contributed by atoms with Crippen LogP contribution in [0.25, 0.3) is 0 Å². The lowest BCUT2D eigenvalue weighted by molar-refractivity contribution is -0.284. The van der Waals surface area contributed by atoms with Crippen molar-refractivity contribution in [2.24, 2.45) is 35.0 Å². The quantitative estimate of drug-likeness (QED) is 0.102. The fourth-order valence-corrected chi connectivity index (χ4v) is 10.1. The van der Waals surface area contributed by atoms with Gasteiger partial charge < -0.3 is 4.74 Å². The molecule has 7 atom stereocenters. The lowest BCUT2D eigenvalue weighted by Crippen LogP contribution is -2.51. The number of thioether (sulfide) groups is 1. The molecule has 4 aliphatic rings. The molecule has 0 aromatic heterocycles. The number of unbranched alkanes of at least 4 members (excludes halogenated alkanes) is 6. The monoisotopic (exact) mass is 634 g/mol. The Kier molecular flexibility index (Phi) is 12.1. The molecule has 7 unspecified atom stereocenters. The SMILES string of the molecule is CC(=O)OC1CCC2C3C(CCCCCCCCCSCCCC(F)(F)C(F)(F)F)CC4=CC(=O)CCC4C3CCC12C. The average Bonchev–Trinajstić information content (AvgIpc) is 3.25. The predicted molar refractivity (Wildman–Crippen MR) is 161 cm³/mol. The Hall–Kier alpha value is -1.12. The molecule has 43 heavy (non-hydrogen) atoms. The van der Waals surface area contributed by atoms with Crippen molar-refractivity contribution in [3.63, 3.8) is 0 Å². The number of esters is 1. The smallest absolute Gasteiger partial charge is 0.453 e. The molecule has 0 amide bonds. The van der Waals surface area contributed by atoms with Gasteiger partial charge in [-0.25, -0.2) is 0 Å². The van der Waals surface area contributed by atoms with Crippen molar-refractivity contribution in [1.82, 2.24) is 0 Å². The second kappa shape index (κ2) is 15.0. The van der Waals surface area contributed by atoms with Crippen LogP contribution in [0.4, 0.5) is 22.0 Å². The number of ether oxygens (including phenoxy) is 1. The molecule has 3 fully saturated rings. The van der Waals surface area contributed by atoms with Crippen LogP contribution >= 0.6 is 11.8 Å². The van der Waals surface area contributed by atoms with E-state index in [1.807, 2.05) is 6.08 Å². The van der Waals surface area contributed by atoms with Gasteiger partial charge in [0.1, 0.15) is 6.10 Å². The average molecular weight is 635 g/mol. The molecule has 4 aliphatic carbocycles. The third kappa shape index (κ3) is 8.58. The number of hydrogen-bond acceptors (Lipinski definition) is 4. The summed E-state index contributed by atoms with van der Waals surface area (Å²) in [5.74, 6) is -0.301. The minimum absolute atomic E-state index is 0.0269. The molecule has 0 aromatic rings. The first kappa shape index (κ1) is 34.7. The molecule has 3 nitrogen and oxygen atoms in total. The van der Waals surface area contributed by atoms with Crippen molar-refractivity contribution in [1.29, 1.82) is 0 Å². The number of alkyl halides is 5. The standard InChI is InChI=1S/C34H51F5O3S/c1-23(40)42-30-15-14-29-31-24(21-25-22-26(41)12-13-27(25)28(31)16-18-32(29,30)2)11-8-6-4-3-5-7-9-19-43-20-10-17-33(35,36)34(37,38)39/h22,24,27-31H,3-21H2,1-2H3. The third-order valence-electron chi connectivity index (χ3n) is 11.2. The van der Waals surface area contributed by atoms with Gasteiger partial charge in [0.05, 0.1) is 0 Å². The second-order valence-corrected chi connectivity index (χ2v) is 15.3. The van der Waals surface area contributed by atoms with Gasteiger partial charge in [-0.1, -0.05) is 51.0 Å². The van der Waals surface area contributed by atoms with Crippen molar-refractivity contribution >= 4 is 23.5 Å². The highest BCUT2D eigenvalue weighted by Gasteiger charge is 2.59. The fourth-order valence-electron chi connectivity index (χ4n) is 9.15. The van der Waals surface area contributed by atoms with E-state index >= 15 is 0 Å². The summed E-state index contributed by atoms with van der Waals surface area (Å²) < 4.78 is 68.4. The number of carbonyl (C=O) groups is 2. The van der Waals surface area contributed by atoms with Crippen molar-refractivity contribution < 1.29 is 36.3 Å². The van der Waals surface area contributed by atoms with Crippen LogP contribution < -0.4 is 0 Å². The molecule has 3 saturated carbocycles. The summed E-state index contributed by atoms with van der Waals surface area (Å²) in [6, 6.07) is 0. The molecule has 0 spiro atoms. The van der Waals surface area contributed by atoms with E-state index in [1.54, 1.807) is 0 Å². The normalized spacial score (nSPS) is 32.5. The molecule has 0 heterocycles. The van der Waals surface area contributed by atoms with Crippen molar-refractivity contribution in [3.05, 3.63) is 11.6 Å². The van der Waals surface area contributed by atoms with Gasteiger partial charge in [-0.15, -0.1) is 0 Å². The molecule has 246 valence electrons. The van der Waals surface area contributed by atoms with Gasteiger partial charge in [0.15, 0.2) is 5.78 Å². The Morgan fingerprint density at radius 2 is 1.63 bits per heavy atom. The number of hydrogen-bond donors (Lipinski definition) is 0. The summed E-state index contributed by atoms with van der Waals surface area (Å²) >= 11 is 1.47. The Morgan fingerprint density at radius 3 is 2.33 bits per heavy atom. The van der Waals surface area contributed by atoms with E-state index in [4.69, 9.17) is 4.74 Å². The van der Waals surface area contributed by atoms with E-state index in [0.717, 1.165) is 63.5 Å². The molecule has 4 rings (SSSR count). The Bertz CT molecular complexity index is 982. The molecular formula is C34H51F5O3S. The minimum atomic E-state index is -5.45. The highest BCUT2D eigenvalue weighted by Crippen LogP contribution is 2.64. The molecule has 0 aliphatic heterocycles. The molecule has 0 aromatic carbocycles. The van der Waals surface area contributed by atoms with Crippen LogP contribution in [-0.2, 0) is 14.3 Å². The van der Waals surface area contributed by atoms with Crippen LogP contribution in [0.3, 0.4) is 0 Å². The summed E-state index contributed by atoms with van der Waals surface area (Å²) in [6.45, 7) is 3.89. The highest BCUT2D eigenvalue weighted by atomic mass is 32.2. The van der Waals surface area contributed by atoms with E-state index in [-0.39, 0.29) is 23.9 Å². The highest BCUT2D eigenvalue weighted by molar-refractivity contribution is 7.99. The van der Waals surface area contributed by atoms with E-state index in [0.29, 0.717) is 47.5 Å². The number of rotatable bonds is 15. The van der Waals surface area contributed by atoms with E-state index in [2.05, 4.69) is 6.92 Å². The number of allylic oxidation sites excluding steroid dienone is 1. The first-order valence-electron chi connectivity index (χ1n) is 16.8. The van der Waals surface area contributed by atoms with Gasteiger partial charge in [0, 0.05) is 25.2 Å². The Balaban J connectivity index is 1.17. The summed E-state index contributed by atoms with van der Waals surface area (Å²) in [5.41, 5.74) is 1.47. The Morgan fingerprint density at radius 1 is 0.953 bits per heavy atom. The third-order valence-corrected chi connectivity index (χ3v) is 12.4. The molecule has 0 radical (unpaired) electrons. The molecule has 0 bridgehead atoms. The van der Waals surface area contributed by atoms with Crippen molar-refractivity contribution in [3.8, 4) is 0 Å². The summed E-state index contributed by atoms with van der Waals surface area (Å²) in [5, 5.41) is 0. The van der Waals surface area contributed by atoms with Gasteiger partial charge in [0.2, 0.25) is 0 Å². The first-order valence-corrected chi connectivity index (χ1v) is 17.9. The van der Waals surface area contributed by atoms with Gasteiger partial charge in [-0.2, -0.15) is 33.7 Å². The number of fused-ring (bicyclic) bond motifs is 5. The predicted octanol–water partition coefficient (Wildman–Crippen LogP) is 10.1. The zero-order valence-electron chi connectivity index (χ0n) is 26.0. The van der Waals surface area contributed by atoms with Crippen LogP contribution in [0.1, 0.15) is 123 Å². The van der Waals surface area contributed by atoms with Crippen LogP contribution in [-0.4, -0.2) is 41.5 Å². The maximum absolute atomic E-state index is 12.9. The maximum atomic E-state index is 12.9. The zero-order valence-corrected chi connectivity index (χ0v) is 26.8. The van der Waals surface area contributed by atoms with Crippen LogP contribution in [0.2, 0.25) is 0 Å². The first-order chi connectivity index (χ1) is 20.3.